The largest absolute Gasteiger partial charge is 0.316 e. The zero-order valence-electron chi connectivity index (χ0n) is 11.4. The summed E-state index contributed by atoms with van der Waals surface area (Å²) in [6.45, 7) is 9.90. The third kappa shape index (κ3) is 5.36. The van der Waals surface area contributed by atoms with Crippen molar-refractivity contribution in [2.45, 2.75) is 46.6 Å². The van der Waals surface area contributed by atoms with Gasteiger partial charge in [0.2, 0.25) is 10.0 Å². The van der Waals surface area contributed by atoms with Gasteiger partial charge >= 0.3 is 0 Å². The first-order valence-corrected chi connectivity index (χ1v) is 8.06. The third-order valence-electron chi connectivity index (χ3n) is 3.51. The summed E-state index contributed by atoms with van der Waals surface area (Å²) < 4.78 is 26.8. The Kier molecular flexibility index (Phi) is 4.98. The molecule has 2 N–H and O–H groups in total. The van der Waals surface area contributed by atoms with E-state index < -0.39 is 10.0 Å². The molecule has 4 nitrogen and oxygen atoms in total. The van der Waals surface area contributed by atoms with Crippen molar-refractivity contribution in [2.75, 3.05) is 18.8 Å². The Bertz CT molecular complexity index is 327. The number of hydrogen-bond donors (Lipinski definition) is 2. The first-order valence-electron chi connectivity index (χ1n) is 6.41. The smallest absolute Gasteiger partial charge is 0.212 e. The molecule has 0 saturated carbocycles. The average molecular weight is 262 g/mol. The van der Waals surface area contributed by atoms with Gasteiger partial charge in [-0.2, -0.15) is 0 Å². The maximum atomic E-state index is 12.0. The second-order valence-corrected chi connectivity index (χ2v) is 8.00. The predicted molar refractivity (Wildman–Crippen MR) is 71.4 cm³/mol. The van der Waals surface area contributed by atoms with Gasteiger partial charge in [-0.1, -0.05) is 20.8 Å². The van der Waals surface area contributed by atoms with Gasteiger partial charge in [0.1, 0.15) is 0 Å². The van der Waals surface area contributed by atoms with Crippen LogP contribution in [0.4, 0.5) is 0 Å². The Morgan fingerprint density at radius 3 is 2.53 bits per heavy atom. The lowest BCUT2D eigenvalue weighted by molar-refractivity contribution is 0.316. The van der Waals surface area contributed by atoms with Gasteiger partial charge in [0.05, 0.1) is 5.75 Å². The lowest BCUT2D eigenvalue weighted by Crippen LogP contribution is -2.45. The van der Waals surface area contributed by atoms with E-state index in [-0.39, 0.29) is 23.1 Å². The standard InChI is InChI=1S/C12H26N2O2S/c1-10(12(2,3)4)14-17(15,16)9-11-6-5-7-13-8-11/h10-11,13-14H,5-9H2,1-4H3. The summed E-state index contributed by atoms with van der Waals surface area (Å²) in [6.07, 6.45) is 2.09. The highest BCUT2D eigenvalue weighted by molar-refractivity contribution is 7.89. The van der Waals surface area contributed by atoms with Crippen LogP contribution in [0.1, 0.15) is 40.5 Å². The first-order chi connectivity index (χ1) is 7.71. The topological polar surface area (TPSA) is 58.2 Å². The van der Waals surface area contributed by atoms with Gasteiger partial charge < -0.3 is 5.32 Å². The van der Waals surface area contributed by atoms with E-state index in [2.05, 4.69) is 10.0 Å². The molecule has 0 bridgehead atoms. The van der Waals surface area contributed by atoms with Crippen molar-refractivity contribution in [1.82, 2.24) is 10.0 Å². The summed E-state index contributed by atoms with van der Waals surface area (Å²) in [5.41, 5.74) is -0.0438. The Morgan fingerprint density at radius 1 is 1.41 bits per heavy atom. The summed E-state index contributed by atoms with van der Waals surface area (Å²) in [5.74, 6) is 0.508. The third-order valence-corrected chi connectivity index (χ3v) is 5.13. The van der Waals surface area contributed by atoms with Crippen LogP contribution >= 0.6 is 0 Å². The molecule has 0 aromatic carbocycles. The predicted octanol–water partition coefficient (Wildman–Crippen LogP) is 1.34. The summed E-state index contributed by atoms with van der Waals surface area (Å²) in [4.78, 5) is 0. The number of sulfonamides is 1. The van der Waals surface area contributed by atoms with Crippen LogP contribution < -0.4 is 10.0 Å². The van der Waals surface area contributed by atoms with E-state index in [4.69, 9.17) is 0 Å². The lowest BCUT2D eigenvalue weighted by Gasteiger charge is -2.29. The highest BCUT2D eigenvalue weighted by Gasteiger charge is 2.27. The molecule has 1 fully saturated rings. The summed E-state index contributed by atoms with van der Waals surface area (Å²) >= 11 is 0. The van der Waals surface area contributed by atoms with Crippen molar-refractivity contribution in [1.29, 1.82) is 0 Å². The van der Waals surface area contributed by atoms with Crippen molar-refractivity contribution in [3.8, 4) is 0 Å². The maximum Gasteiger partial charge on any atom is 0.212 e. The van der Waals surface area contributed by atoms with E-state index in [9.17, 15) is 8.42 Å². The Morgan fingerprint density at radius 2 is 2.06 bits per heavy atom. The molecule has 2 atom stereocenters. The Hall–Kier alpha value is -0.130. The minimum Gasteiger partial charge on any atom is -0.316 e. The zero-order chi connectivity index (χ0) is 13.1. The van der Waals surface area contributed by atoms with Gasteiger partial charge in [-0.05, 0) is 44.2 Å². The number of rotatable bonds is 4. The van der Waals surface area contributed by atoms with Gasteiger partial charge in [0, 0.05) is 6.04 Å². The molecule has 17 heavy (non-hydrogen) atoms. The molecule has 1 heterocycles. The second kappa shape index (κ2) is 5.67. The van der Waals surface area contributed by atoms with Crippen LogP contribution in [-0.4, -0.2) is 33.3 Å². The molecule has 5 heteroatoms. The van der Waals surface area contributed by atoms with Crippen molar-refractivity contribution < 1.29 is 8.42 Å². The molecule has 1 rings (SSSR count). The van der Waals surface area contributed by atoms with Crippen LogP contribution in [-0.2, 0) is 10.0 Å². The van der Waals surface area contributed by atoms with Gasteiger partial charge in [-0.15, -0.1) is 0 Å². The van der Waals surface area contributed by atoms with Crippen molar-refractivity contribution >= 4 is 10.0 Å². The minimum absolute atomic E-state index is 0.0379. The highest BCUT2D eigenvalue weighted by Crippen LogP contribution is 2.20. The van der Waals surface area contributed by atoms with E-state index in [1.165, 1.54) is 0 Å². The van der Waals surface area contributed by atoms with Gasteiger partial charge in [-0.3, -0.25) is 0 Å². The molecular weight excluding hydrogens is 236 g/mol. The number of piperidine rings is 1. The maximum absolute atomic E-state index is 12.0. The molecule has 1 aliphatic rings. The minimum atomic E-state index is -3.15. The SMILES string of the molecule is CC(NS(=O)(=O)CC1CCCNC1)C(C)(C)C. The fourth-order valence-corrected chi connectivity index (χ4v) is 3.76. The van der Waals surface area contributed by atoms with Crippen LogP contribution in [0.3, 0.4) is 0 Å². The fraction of sp³-hybridized carbons (Fsp3) is 1.00. The summed E-state index contributed by atoms with van der Waals surface area (Å²) in [6, 6.07) is -0.0379. The lowest BCUT2D eigenvalue weighted by atomic mass is 9.89. The number of hydrogen-bond acceptors (Lipinski definition) is 3. The van der Waals surface area contributed by atoms with E-state index in [1.807, 2.05) is 27.7 Å². The van der Waals surface area contributed by atoms with E-state index in [1.54, 1.807) is 0 Å². The fourth-order valence-electron chi connectivity index (χ4n) is 1.87. The molecule has 2 unspecified atom stereocenters. The summed E-state index contributed by atoms with van der Waals surface area (Å²) in [5, 5.41) is 3.25. The zero-order valence-corrected chi connectivity index (χ0v) is 12.2. The Labute approximate surface area is 106 Å². The van der Waals surface area contributed by atoms with E-state index >= 15 is 0 Å². The van der Waals surface area contributed by atoms with Crippen LogP contribution in [0.2, 0.25) is 0 Å². The van der Waals surface area contributed by atoms with E-state index in [0.29, 0.717) is 0 Å². The van der Waals surface area contributed by atoms with Gasteiger partial charge in [0.25, 0.3) is 0 Å². The molecule has 0 aromatic heterocycles. The summed E-state index contributed by atoms with van der Waals surface area (Å²) in [7, 11) is -3.15. The van der Waals surface area contributed by atoms with Crippen LogP contribution in [0, 0.1) is 11.3 Å². The molecule has 1 saturated heterocycles. The highest BCUT2D eigenvalue weighted by atomic mass is 32.2. The van der Waals surface area contributed by atoms with Crippen molar-refractivity contribution in [3.63, 3.8) is 0 Å². The monoisotopic (exact) mass is 262 g/mol. The molecular formula is C12H26N2O2S. The van der Waals surface area contributed by atoms with Crippen LogP contribution in [0.5, 0.6) is 0 Å². The van der Waals surface area contributed by atoms with Crippen LogP contribution in [0.15, 0.2) is 0 Å². The molecule has 0 spiro atoms. The van der Waals surface area contributed by atoms with Crippen LogP contribution in [0.25, 0.3) is 0 Å². The normalized spacial score (nSPS) is 24.6. The van der Waals surface area contributed by atoms with Crippen molar-refractivity contribution in [3.05, 3.63) is 0 Å². The number of nitrogens with one attached hydrogen (secondary N) is 2. The molecule has 0 aromatic rings. The molecule has 0 amide bonds. The quantitative estimate of drug-likeness (QED) is 0.804. The van der Waals surface area contributed by atoms with Crippen molar-refractivity contribution in [2.24, 2.45) is 11.3 Å². The Balaban J connectivity index is 2.50. The van der Waals surface area contributed by atoms with E-state index in [0.717, 1.165) is 25.9 Å². The molecule has 0 aliphatic carbocycles. The molecule has 102 valence electrons. The average Bonchev–Trinajstić information content (AvgIpc) is 2.16. The second-order valence-electron chi connectivity index (χ2n) is 6.20. The molecule has 1 aliphatic heterocycles. The van der Waals surface area contributed by atoms with Gasteiger partial charge in [0.15, 0.2) is 0 Å². The van der Waals surface area contributed by atoms with Gasteiger partial charge in [-0.25, -0.2) is 13.1 Å². The molecule has 0 radical (unpaired) electrons. The first kappa shape index (κ1) is 14.9.